The summed E-state index contributed by atoms with van der Waals surface area (Å²) < 4.78 is 5.48. The van der Waals surface area contributed by atoms with Gasteiger partial charge in [0, 0.05) is 11.3 Å². The van der Waals surface area contributed by atoms with Crippen molar-refractivity contribution in [1.29, 1.82) is 0 Å². The number of aromatic hydroxyl groups is 1. The van der Waals surface area contributed by atoms with Crippen LogP contribution in [0.25, 0.3) is 6.08 Å². The third-order valence-electron chi connectivity index (χ3n) is 3.97. The topological polar surface area (TPSA) is 72.5 Å². The molecule has 4 nitrogen and oxygen atoms in total. The molecule has 2 rings (SSSR count). The Labute approximate surface area is 153 Å². The summed E-state index contributed by atoms with van der Waals surface area (Å²) in [6.07, 6.45) is 7.56. The molecule has 0 saturated carbocycles. The molecule has 0 radical (unpaired) electrons. The molecule has 0 fully saturated rings. The van der Waals surface area contributed by atoms with E-state index in [2.05, 4.69) is 13.2 Å². The Morgan fingerprint density at radius 3 is 2.35 bits per heavy atom. The van der Waals surface area contributed by atoms with Crippen LogP contribution >= 0.6 is 0 Å². The number of phenols is 1. The Morgan fingerprint density at radius 1 is 1.15 bits per heavy atom. The lowest BCUT2D eigenvalue weighted by molar-refractivity contribution is 0.104. The van der Waals surface area contributed by atoms with E-state index < -0.39 is 0 Å². The van der Waals surface area contributed by atoms with Crippen molar-refractivity contribution in [3.8, 4) is 11.5 Å². The maximum Gasteiger partial charge on any atom is 0.185 e. The highest BCUT2D eigenvalue weighted by molar-refractivity contribution is 6.07. The highest BCUT2D eigenvalue weighted by atomic mass is 16.5. The number of rotatable bonds is 8. The van der Waals surface area contributed by atoms with Gasteiger partial charge in [0.1, 0.15) is 11.5 Å². The first-order chi connectivity index (χ1) is 12.5. The highest BCUT2D eigenvalue weighted by Crippen LogP contribution is 2.37. The van der Waals surface area contributed by atoms with Crippen LogP contribution in [0.5, 0.6) is 11.5 Å². The van der Waals surface area contributed by atoms with Gasteiger partial charge in [0.15, 0.2) is 5.78 Å². The van der Waals surface area contributed by atoms with E-state index in [-0.39, 0.29) is 11.5 Å². The number of hydrogen-bond donors (Lipinski definition) is 2. The van der Waals surface area contributed by atoms with Gasteiger partial charge in [-0.1, -0.05) is 12.2 Å². The fraction of sp³-hybridized carbons (Fsp3) is 0.136. The quantitative estimate of drug-likeness (QED) is 0.322. The number of allylic oxidation sites excluding steroid dienone is 3. The Bertz CT molecular complexity index is 849. The zero-order valence-electron chi connectivity index (χ0n) is 14.9. The molecule has 0 unspecified atom stereocenters. The summed E-state index contributed by atoms with van der Waals surface area (Å²) in [5.41, 5.74) is 8.83. The molecule has 0 aliphatic rings. The zero-order chi connectivity index (χ0) is 19.1. The minimum atomic E-state index is -0.189. The summed E-state index contributed by atoms with van der Waals surface area (Å²) in [6, 6.07) is 8.54. The molecule has 0 spiro atoms. The standard InChI is InChI=1S/C22H23NO3/c1-4-6-16-14-17(7-5-2)22(26-3)19(21(16)25)12-13-20(24)15-8-10-18(23)11-9-15/h4-5,8-14,25H,1-2,6-7,23H2,3H3. The lowest BCUT2D eigenvalue weighted by atomic mass is 9.97. The van der Waals surface area contributed by atoms with Gasteiger partial charge < -0.3 is 15.6 Å². The van der Waals surface area contributed by atoms with Crippen LogP contribution in [-0.4, -0.2) is 18.0 Å². The van der Waals surface area contributed by atoms with Crippen molar-refractivity contribution in [1.82, 2.24) is 0 Å². The minimum absolute atomic E-state index is 0.0796. The number of hydrogen-bond acceptors (Lipinski definition) is 4. The molecule has 0 aliphatic heterocycles. The van der Waals surface area contributed by atoms with Crippen LogP contribution in [0.3, 0.4) is 0 Å². The smallest absolute Gasteiger partial charge is 0.185 e. The summed E-state index contributed by atoms with van der Waals surface area (Å²) in [5.74, 6) is 0.415. The normalized spacial score (nSPS) is 10.7. The van der Waals surface area contributed by atoms with Gasteiger partial charge in [-0.2, -0.15) is 0 Å². The number of carbonyl (C=O) groups excluding carboxylic acids is 1. The van der Waals surface area contributed by atoms with Crippen LogP contribution in [0.4, 0.5) is 5.69 Å². The number of methoxy groups -OCH3 is 1. The van der Waals surface area contributed by atoms with E-state index >= 15 is 0 Å². The van der Waals surface area contributed by atoms with Gasteiger partial charge in [-0.15, -0.1) is 13.2 Å². The number of carbonyl (C=O) groups is 1. The van der Waals surface area contributed by atoms with E-state index in [0.717, 1.165) is 11.1 Å². The molecule has 0 saturated heterocycles. The second kappa shape index (κ2) is 8.72. The van der Waals surface area contributed by atoms with Crippen molar-refractivity contribution < 1.29 is 14.6 Å². The maximum absolute atomic E-state index is 12.4. The van der Waals surface area contributed by atoms with Gasteiger partial charge in [-0.25, -0.2) is 0 Å². The SMILES string of the molecule is C=CCc1cc(CC=C)c(OC)c(C=CC(=O)c2ccc(N)cc2)c1O. The van der Waals surface area contributed by atoms with E-state index in [1.807, 2.05) is 6.07 Å². The van der Waals surface area contributed by atoms with Crippen LogP contribution in [0.1, 0.15) is 27.0 Å². The molecule has 2 aromatic carbocycles. The Balaban J connectivity index is 2.48. The largest absolute Gasteiger partial charge is 0.507 e. The van der Waals surface area contributed by atoms with Crippen molar-refractivity contribution in [2.24, 2.45) is 0 Å². The van der Waals surface area contributed by atoms with E-state index in [9.17, 15) is 9.90 Å². The monoisotopic (exact) mass is 349 g/mol. The zero-order valence-corrected chi connectivity index (χ0v) is 14.9. The van der Waals surface area contributed by atoms with Gasteiger partial charge in [-0.05, 0) is 66.5 Å². The molecule has 0 amide bonds. The molecule has 134 valence electrons. The maximum atomic E-state index is 12.4. The van der Waals surface area contributed by atoms with Crippen molar-refractivity contribution in [2.45, 2.75) is 12.8 Å². The number of nitrogens with two attached hydrogens (primary N) is 1. The van der Waals surface area contributed by atoms with E-state index in [0.29, 0.717) is 35.4 Å². The third-order valence-corrected chi connectivity index (χ3v) is 3.97. The summed E-state index contributed by atoms with van der Waals surface area (Å²) >= 11 is 0. The average molecular weight is 349 g/mol. The number of nitrogen functional groups attached to an aromatic ring is 1. The van der Waals surface area contributed by atoms with E-state index in [1.165, 1.54) is 13.2 Å². The highest BCUT2D eigenvalue weighted by Gasteiger charge is 2.16. The van der Waals surface area contributed by atoms with Gasteiger partial charge in [0.25, 0.3) is 0 Å². The van der Waals surface area contributed by atoms with Crippen molar-refractivity contribution in [3.63, 3.8) is 0 Å². The lowest BCUT2D eigenvalue weighted by Crippen LogP contribution is -1.99. The van der Waals surface area contributed by atoms with Crippen LogP contribution < -0.4 is 10.5 Å². The predicted molar refractivity (Wildman–Crippen MR) is 107 cm³/mol. The lowest BCUT2D eigenvalue weighted by Gasteiger charge is -2.15. The van der Waals surface area contributed by atoms with Crippen LogP contribution in [-0.2, 0) is 12.8 Å². The summed E-state index contributed by atoms with van der Waals surface area (Å²) in [6.45, 7) is 7.48. The first-order valence-corrected chi connectivity index (χ1v) is 8.23. The molecule has 0 heterocycles. The molecule has 0 bridgehead atoms. The van der Waals surface area contributed by atoms with Crippen LogP contribution in [0.2, 0.25) is 0 Å². The number of ether oxygens (including phenoxy) is 1. The molecular weight excluding hydrogens is 326 g/mol. The summed E-state index contributed by atoms with van der Waals surface area (Å²) in [4.78, 5) is 12.4. The van der Waals surface area contributed by atoms with E-state index in [1.54, 1.807) is 42.5 Å². The first kappa shape index (κ1) is 19.1. The summed E-state index contributed by atoms with van der Waals surface area (Å²) in [5, 5.41) is 10.6. The Hall–Kier alpha value is -3.27. The predicted octanol–water partition coefficient (Wildman–Crippen LogP) is 4.34. The van der Waals surface area contributed by atoms with E-state index in [4.69, 9.17) is 10.5 Å². The van der Waals surface area contributed by atoms with Gasteiger partial charge >= 0.3 is 0 Å². The minimum Gasteiger partial charge on any atom is -0.507 e. The number of phenolic OH excluding ortho intramolecular Hbond substituents is 1. The Morgan fingerprint density at radius 2 is 1.77 bits per heavy atom. The van der Waals surface area contributed by atoms with Crippen LogP contribution in [0, 0.1) is 0 Å². The fourth-order valence-corrected chi connectivity index (χ4v) is 2.71. The van der Waals surface area contributed by atoms with Gasteiger partial charge in [0.2, 0.25) is 0 Å². The molecule has 0 atom stereocenters. The molecule has 0 aromatic heterocycles. The van der Waals surface area contributed by atoms with Gasteiger partial charge in [-0.3, -0.25) is 4.79 Å². The van der Waals surface area contributed by atoms with Crippen LogP contribution in [0.15, 0.2) is 61.7 Å². The summed E-state index contributed by atoms with van der Waals surface area (Å²) in [7, 11) is 1.54. The number of benzene rings is 2. The molecule has 2 aromatic rings. The third kappa shape index (κ3) is 4.22. The molecular formula is C22H23NO3. The molecule has 3 N–H and O–H groups in total. The Kier molecular flexibility index (Phi) is 6.39. The molecule has 26 heavy (non-hydrogen) atoms. The molecule has 0 aliphatic carbocycles. The first-order valence-electron chi connectivity index (χ1n) is 8.23. The van der Waals surface area contributed by atoms with Crippen molar-refractivity contribution in [3.05, 3.63) is 84.0 Å². The number of ketones is 1. The average Bonchev–Trinajstić information content (AvgIpc) is 2.63. The fourth-order valence-electron chi connectivity index (χ4n) is 2.71. The second-order valence-corrected chi connectivity index (χ2v) is 5.80. The second-order valence-electron chi connectivity index (χ2n) is 5.80. The molecule has 4 heteroatoms. The number of anilines is 1. The van der Waals surface area contributed by atoms with Crippen molar-refractivity contribution in [2.75, 3.05) is 12.8 Å². The van der Waals surface area contributed by atoms with Crippen molar-refractivity contribution >= 4 is 17.5 Å². The van der Waals surface area contributed by atoms with Gasteiger partial charge in [0.05, 0.1) is 12.7 Å².